The fourth-order valence-corrected chi connectivity index (χ4v) is 5.72. The van der Waals surface area contributed by atoms with Crippen molar-refractivity contribution in [1.82, 2.24) is 14.9 Å². The van der Waals surface area contributed by atoms with E-state index in [-0.39, 0.29) is 17.0 Å². The van der Waals surface area contributed by atoms with E-state index in [1.165, 1.54) is 32.9 Å². The van der Waals surface area contributed by atoms with Crippen molar-refractivity contribution >= 4 is 15.9 Å². The highest BCUT2D eigenvalue weighted by Crippen LogP contribution is 2.36. The van der Waals surface area contributed by atoms with Gasteiger partial charge in [-0.3, -0.25) is 4.79 Å². The molecule has 0 radical (unpaired) electrons. The number of amides is 1. The van der Waals surface area contributed by atoms with E-state index < -0.39 is 55.5 Å². The average molecular weight is 555 g/mol. The van der Waals surface area contributed by atoms with Gasteiger partial charge in [-0.25, -0.2) is 22.7 Å². The zero-order valence-electron chi connectivity index (χ0n) is 21.8. The number of aromatic nitrogens is 2. The highest BCUT2D eigenvalue weighted by Gasteiger charge is 2.36. The van der Waals surface area contributed by atoms with Gasteiger partial charge in [0, 0.05) is 11.5 Å². The molecule has 0 unspecified atom stereocenters. The maximum atomic E-state index is 15.0. The average Bonchev–Trinajstić information content (AvgIpc) is 3.30. The summed E-state index contributed by atoms with van der Waals surface area (Å²) in [6.07, 6.45) is 0. The second-order valence-corrected chi connectivity index (χ2v) is 10.5. The molecule has 39 heavy (non-hydrogen) atoms. The van der Waals surface area contributed by atoms with Crippen LogP contribution in [0.3, 0.4) is 0 Å². The Morgan fingerprint density at radius 1 is 1.21 bits per heavy atom. The fourth-order valence-electron chi connectivity index (χ4n) is 4.21. The number of nitrogens with one attached hydrogen (secondary N) is 2. The molecule has 10 nitrogen and oxygen atoms in total. The predicted molar refractivity (Wildman–Crippen MR) is 140 cm³/mol. The molecule has 0 fully saturated rings. The lowest BCUT2D eigenvalue weighted by Gasteiger charge is -2.25. The molecule has 1 aromatic heterocycles. The van der Waals surface area contributed by atoms with E-state index in [0.29, 0.717) is 5.56 Å². The third-order valence-corrected chi connectivity index (χ3v) is 7.74. The van der Waals surface area contributed by atoms with Gasteiger partial charge in [-0.1, -0.05) is 30.9 Å². The van der Waals surface area contributed by atoms with Crippen LogP contribution in [0.25, 0.3) is 0 Å². The van der Waals surface area contributed by atoms with Gasteiger partial charge >= 0.3 is 5.76 Å². The van der Waals surface area contributed by atoms with Crippen LogP contribution >= 0.6 is 0 Å². The molecule has 12 heteroatoms. The lowest BCUT2D eigenvalue weighted by molar-refractivity contribution is 0.0996. The number of nitrogens with two attached hydrogens (primary N) is 1. The number of aliphatic hydroxyl groups is 1. The molecule has 2 atom stereocenters. The number of rotatable bonds is 8. The Labute approximate surface area is 224 Å². The Morgan fingerprint density at radius 3 is 2.38 bits per heavy atom. The Morgan fingerprint density at radius 2 is 1.85 bits per heavy atom. The molecule has 2 aromatic carbocycles. The minimum absolute atomic E-state index is 0.0342. The zero-order valence-corrected chi connectivity index (χ0v) is 22.7. The number of carbonyl (C=O) groups excluding carboxylic acids is 1. The summed E-state index contributed by atoms with van der Waals surface area (Å²) < 4.78 is 50.0. The van der Waals surface area contributed by atoms with E-state index >= 15 is 4.39 Å². The molecular weight excluding hydrogens is 527 g/mol. The summed E-state index contributed by atoms with van der Waals surface area (Å²) in [5.41, 5.74) is 4.47. The maximum absolute atomic E-state index is 15.0. The molecule has 0 spiro atoms. The van der Waals surface area contributed by atoms with E-state index in [2.05, 4.69) is 38.6 Å². The van der Waals surface area contributed by atoms with E-state index in [9.17, 15) is 23.1 Å². The summed E-state index contributed by atoms with van der Waals surface area (Å²) in [4.78, 5) is 23.4. The quantitative estimate of drug-likeness (QED) is 0.310. The van der Waals surface area contributed by atoms with Crippen molar-refractivity contribution < 1.29 is 27.1 Å². The van der Waals surface area contributed by atoms with Crippen molar-refractivity contribution in [3.63, 3.8) is 0 Å². The topological polar surface area (TPSA) is 168 Å². The number of nitrogens with zero attached hydrogens (tertiary/aromatic N) is 1. The van der Waals surface area contributed by atoms with E-state index in [1.54, 1.807) is 19.9 Å². The monoisotopic (exact) mass is 554 g/mol. The van der Waals surface area contributed by atoms with Crippen LogP contribution in [0.5, 0.6) is 0 Å². The molecule has 0 aliphatic heterocycles. The third kappa shape index (κ3) is 5.94. The molecule has 0 saturated heterocycles. The first-order chi connectivity index (χ1) is 18.3. The van der Waals surface area contributed by atoms with Gasteiger partial charge < -0.3 is 15.3 Å². The van der Waals surface area contributed by atoms with Gasteiger partial charge in [-0.2, -0.15) is 4.72 Å². The standard InChI is InChI=1S/C27H27FN4O6S/c1-6-12-27(35,13-7-2)18-9-10-19(24(29)33)21(14-18)39(36,37)32-23(25-30-31-26(34)38-25)17(5)22-16(4)15(3)8-11-20(22)28/h8-11,14,17,23,32,35H,1-5H3,(H2,29,33)(H,31,34)/t17-,23+/m1/s1. The van der Waals surface area contributed by atoms with E-state index in [1.807, 2.05) is 0 Å². The minimum Gasteiger partial charge on any atom is -0.391 e. The van der Waals surface area contributed by atoms with Crippen molar-refractivity contribution in [2.45, 2.75) is 57.1 Å². The molecule has 0 aliphatic rings. The first kappa shape index (κ1) is 29.3. The van der Waals surface area contributed by atoms with Gasteiger partial charge in [0.2, 0.25) is 27.4 Å². The summed E-state index contributed by atoms with van der Waals surface area (Å²) in [5.74, 6) is 6.21. The van der Waals surface area contributed by atoms with Gasteiger partial charge in [-0.15, -0.1) is 16.9 Å². The van der Waals surface area contributed by atoms with Crippen LogP contribution in [0.1, 0.15) is 71.2 Å². The molecule has 1 amide bonds. The normalized spacial score (nSPS) is 13.0. The van der Waals surface area contributed by atoms with Crippen molar-refractivity contribution in [2.24, 2.45) is 5.73 Å². The largest absolute Gasteiger partial charge is 0.434 e. The van der Waals surface area contributed by atoms with E-state index in [4.69, 9.17) is 10.2 Å². The van der Waals surface area contributed by atoms with Crippen LogP contribution in [0.2, 0.25) is 0 Å². The maximum Gasteiger partial charge on any atom is 0.434 e. The van der Waals surface area contributed by atoms with Gasteiger partial charge in [0.05, 0.1) is 10.5 Å². The van der Waals surface area contributed by atoms with Gasteiger partial charge in [0.15, 0.2) is 0 Å². The van der Waals surface area contributed by atoms with E-state index in [0.717, 1.165) is 17.7 Å². The first-order valence-electron chi connectivity index (χ1n) is 11.6. The number of benzene rings is 2. The highest BCUT2D eigenvalue weighted by atomic mass is 32.2. The van der Waals surface area contributed by atoms with Crippen molar-refractivity contribution in [3.8, 4) is 23.7 Å². The number of aromatic amines is 1. The molecular formula is C27H27FN4O6S. The van der Waals surface area contributed by atoms with Crippen molar-refractivity contribution in [2.75, 3.05) is 0 Å². The third-order valence-electron chi connectivity index (χ3n) is 6.26. The highest BCUT2D eigenvalue weighted by molar-refractivity contribution is 7.89. The lowest BCUT2D eigenvalue weighted by atomic mass is 9.88. The number of aryl methyl sites for hydroxylation is 1. The van der Waals surface area contributed by atoms with Crippen LogP contribution < -0.4 is 16.2 Å². The number of halogens is 1. The molecule has 0 aliphatic carbocycles. The fraction of sp³-hybridized carbons (Fsp3) is 0.296. The van der Waals surface area contributed by atoms with Crippen LogP contribution in [0.15, 0.2) is 44.4 Å². The Bertz CT molecular complexity index is 1700. The summed E-state index contributed by atoms with van der Waals surface area (Å²) in [6, 6.07) is 4.87. The summed E-state index contributed by atoms with van der Waals surface area (Å²) in [5, 5.41) is 16.8. The Balaban J connectivity index is 2.23. The molecule has 5 N–H and O–H groups in total. The number of hydrogen-bond acceptors (Lipinski definition) is 7. The van der Waals surface area contributed by atoms with Crippen LogP contribution in [0.4, 0.5) is 4.39 Å². The zero-order chi connectivity index (χ0) is 29.1. The second kappa shape index (κ2) is 11.3. The summed E-state index contributed by atoms with van der Waals surface area (Å²) >= 11 is 0. The lowest BCUT2D eigenvalue weighted by Crippen LogP contribution is -2.34. The van der Waals surface area contributed by atoms with Gasteiger partial charge in [0.25, 0.3) is 0 Å². The number of H-pyrrole nitrogens is 1. The number of sulfonamides is 1. The second-order valence-electron chi connectivity index (χ2n) is 8.78. The first-order valence-corrected chi connectivity index (χ1v) is 13.1. The number of hydrogen-bond donors (Lipinski definition) is 4. The molecule has 3 aromatic rings. The van der Waals surface area contributed by atoms with Crippen molar-refractivity contribution in [3.05, 3.63) is 80.4 Å². The van der Waals surface area contributed by atoms with Crippen LogP contribution in [-0.2, 0) is 15.6 Å². The SMILES string of the molecule is CC#CC(O)(C#CC)c1ccc(C(N)=O)c(S(=O)(=O)N[C@H](c2n[nH]c(=O)o2)[C@H](C)c2c(F)ccc(C)c2C)c1. The number of carbonyl (C=O) groups is 1. The Kier molecular flexibility index (Phi) is 8.46. The molecule has 1 heterocycles. The van der Waals surface area contributed by atoms with Crippen LogP contribution in [-0.4, -0.2) is 29.6 Å². The summed E-state index contributed by atoms with van der Waals surface area (Å²) in [7, 11) is -4.67. The van der Waals surface area contributed by atoms with Gasteiger partial charge in [-0.05, 0) is 62.6 Å². The smallest absolute Gasteiger partial charge is 0.391 e. The molecule has 3 rings (SSSR count). The minimum atomic E-state index is -4.67. The van der Waals surface area contributed by atoms with Crippen molar-refractivity contribution in [1.29, 1.82) is 0 Å². The molecule has 204 valence electrons. The van der Waals surface area contributed by atoms with Crippen LogP contribution in [0, 0.1) is 43.3 Å². The van der Waals surface area contributed by atoms with Gasteiger partial charge in [0.1, 0.15) is 11.9 Å². The molecule has 0 bridgehead atoms. The molecule has 0 saturated carbocycles. The Hall–Kier alpha value is -4.23. The number of primary amides is 1. The summed E-state index contributed by atoms with van der Waals surface area (Å²) in [6.45, 7) is 7.91. The predicted octanol–water partition coefficient (Wildman–Crippen LogP) is 2.28.